The van der Waals surface area contributed by atoms with Gasteiger partial charge in [-0.1, -0.05) is 32.0 Å². The predicted octanol–water partition coefficient (Wildman–Crippen LogP) is 5.41. The summed E-state index contributed by atoms with van der Waals surface area (Å²) < 4.78 is 1.81. The Balaban J connectivity index is 1.43. The molecule has 1 aliphatic rings. The van der Waals surface area contributed by atoms with Crippen LogP contribution in [0.2, 0.25) is 0 Å². The summed E-state index contributed by atoms with van der Waals surface area (Å²) in [5.74, 6) is -0.420. The normalized spacial score (nSPS) is 14.2. The molecule has 1 saturated heterocycles. The van der Waals surface area contributed by atoms with Crippen LogP contribution in [0.4, 0.5) is 10.5 Å². The number of amides is 2. The number of primary amides is 1. The first-order valence-corrected chi connectivity index (χ1v) is 13.7. The Morgan fingerprint density at radius 3 is 2.56 bits per heavy atom. The number of carboxylic acid groups (broad SMARTS) is 1. The van der Waals surface area contributed by atoms with E-state index >= 15 is 0 Å². The lowest BCUT2D eigenvalue weighted by atomic mass is 9.98. The quantitative estimate of drug-likeness (QED) is 0.257. The van der Waals surface area contributed by atoms with Gasteiger partial charge in [0.1, 0.15) is 0 Å². The second-order valence-electron chi connectivity index (χ2n) is 10.7. The minimum atomic E-state index is -0.916. The molecule has 1 fully saturated rings. The molecule has 1 aliphatic heterocycles. The van der Waals surface area contributed by atoms with Crippen LogP contribution in [0.1, 0.15) is 48.7 Å². The van der Waals surface area contributed by atoms with Gasteiger partial charge < -0.3 is 21.1 Å². The number of carbonyl (C=O) groups excluding carboxylic acids is 1. The standard InChI is InChI=1S/C31H31N7O3/c1-18(2)28-27-23(20-15-19-5-3-4-6-25(19)34-17-20)9-12-33-30(27)38(36-28)22-7-8-24(29(32)39)26(16-22)35-21-10-13-37(14-11-21)31(40)41/h3-9,12,15-18,21,35H,10-11,13-14H2,1-2H3,(H2,32,39)(H,40,41). The van der Waals surface area contributed by atoms with Gasteiger partial charge in [0.05, 0.1) is 27.8 Å². The highest BCUT2D eigenvalue weighted by Gasteiger charge is 2.25. The first-order valence-electron chi connectivity index (χ1n) is 13.7. The molecule has 5 aromatic rings. The molecule has 2 aromatic carbocycles. The van der Waals surface area contributed by atoms with Crippen LogP contribution in [-0.2, 0) is 0 Å². The molecule has 0 unspecified atom stereocenters. The highest BCUT2D eigenvalue weighted by atomic mass is 16.4. The highest BCUT2D eigenvalue weighted by molar-refractivity contribution is 6.00. The average molecular weight is 550 g/mol. The van der Waals surface area contributed by atoms with Gasteiger partial charge >= 0.3 is 6.09 Å². The number of nitrogens with one attached hydrogen (secondary N) is 1. The minimum absolute atomic E-state index is 0.00433. The van der Waals surface area contributed by atoms with Gasteiger partial charge in [0.15, 0.2) is 5.65 Å². The summed E-state index contributed by atoms with van der Waals surface area (Å²) in [6.07, 6.45) is 4.00. The summed E-state index contributed by atoms with van der Waals surface area (Å²) in [6, 6.07) is 17.6. The maximum Gasteiger partial charge on any atom is 0.407 e. The lowest BCUT2D eigenvalue weighted by Crippen LogP contribution is -2.41. The molecule has 0 bridgehead atoms. The Morgan fingerprint density at radius 1 is 1.05 bits per heavy atom. The van der Waals surface area contributed by atoms with E-state index in [2.05, 4.69) is 36.3 Å². The van der Waals surface area contributed by atoms with E-state index in [-0.39, 0.29) is 12.0 Å². The fraction of sp³-hybridized carbons (Fsp3) is 0.258. The Kier molecular flexibility index (Phi) is 6.74. The summed E-state index contributed by atoms with van der Waals surface area (Å²) in [5.41, 5.74) is 11.9. The maximum atomic E-state index is 12.3. The van der Waals surface area contributed by atoms with Crippen molar-refractivity contribution < 1.29 is 14.7 Å². The van der Waals surface area contributed by atoms with Crippen LogP contribution >= 0.6 is 0 Å². The molecule has 0 aliphatic carbocycles. The number of fused-ring (bicyclic) bond motifs is 2. The number of carbonyl (C=O) groups is 2. The second kappa shape index (κ2) is 10.5. The van der Waals surface area contributed by atoms with Crippen LogP contribution in [0.15, 0.2) is 67.0 Å². The molecule has 41 heavy (non-hydrogen) atoms. The fourth-order valence-corrected chi connectivity index (χ4v) is 5.55. The average Bonchev–Trinajstić information content (AvgIpc) is 3.37. The first kappa shape index (κ1) is 26.2. The summed E-state index contributed by atoms with van der Waals surface area (Å²) in [6.45, 7) is 5.06. The molecular weight excluding hydrogens is 518 g/mol. The molecule has 208 valence electrons. The fourth-order valence-electron chi connectivity index (χ4n) is 5.55. The summed E-state index contributed by atoms with van der Waals surface area (Å²) in [5, 5.41) is 19.8. The van der Waals surface area contributed by atoms with Gasteiger partial charge in [-0.25, -0.2) is 14.5 Å². The van der Waals surface area contributed by atoms with Crippen LogP contribution in [-0.4, -0.2) is 60.9 Å². The van der Waals surface area contributed by atoms with E-state index in [4.69, 9.17) is 15.8 Å². The molecule has 2 amide bonds. The van der Waals surface area contributed by atoms with E-state index in [1.54, 1.807) is 12.3 Å². The van der Waals surface area contributed by atoms with Crippen molar-refractivity contribution in [3.05, 3.63) is 78.2 Å². The van der Waals surface area contributed by atoms with Gasteiger partial charge in [-0.15, -0.1) is 0 Å². The number of nitrogens with zero attached hydrogens (tertiary/aromatic N) is 5. The van der Waals surface area contributed by atoms with Crippen molar-refractivity contribution >= 4 is 39.6 Å². The number of benzene rings is 2. The first-order chi connectivity index (χ1) is 19.8. The van der Waals surface area contributed by atoms with Crippen LogP contribution in [0, 0.1) is 0 Å². The van der Waals surface area contributed by atoms with Gasteiger partial charge in [0, 0.05) is 48.2 Å². The number of nitrogens with two attached hydrogens (primary N) is 1. The number of aromatic nitrogens is 4. The number of likely N-dealkylation sites (tertiary alicyclic amines) is 1. The van der Waals surface area contributed by atoms with Gasteiger partial charge in [-0.05, 0) is 60.7 Å². The Labute approximate surface area is 236 Å². The smallest absolute Gasteiger partial charge is 0.407 e. The van der Waals surface area contributed by atoms with Gasteiger partial charge in [-0.2, -0.15) is 5.10 Å². The van der Waals surface area contributed by atoms with E-state index in [1.807, 2.05) is 47.3 Å². The number of anilines is 1. The second-order valence-corrected chi connectivity index (χ2v) is 10.7. The largest absolute Gasteiger partial charge is 0.465 e. The highest BCUT2D eigenvalue weighted by Crippen LogP contribution is 2.36. The van der Waals surface area contributed by atoms with Crippen LogP contribution in [0.25, 0.3) is 38.8 Å². The molecule has 0 saturated carbocycles. The molecule has 4 heterocycles. The Bertz CT molecular complexity index is 1790. The lowest BCUT2D eigenvalue weighted by molar-refractivity contribution is 0.100. The molecule has 6 rings (SSSR count). The number of pyridine rings is 2. The molecule has 4 N–H and O–H groups in total. The van der Waals surface area contributed by atoms with E-state index in [9.17, 15) is 14.7 Å². The molecule has 10 heteroatoms. The monoisotopic (exact) mass is 549 g/mol. The molecule has 3 aromatic heterocycles. The van der Waals surface area contributed by atoms with Gasteiger partial charge in [0.2, 0.25) is 0 Å². The number of piperidine rings is 1. The zero-order chi connectivity index (χ0) is 28.7. The maximum absolute atomic E-state index is 12.3. The Morgan fingerprint density at radius 2 is 1.83 bits per heavy atom. The third-order valence-electron chi connectivity index (χ3n) is 7.68. The SMILES string of the molecule is CC(C)c1nn(-c2ccc(C(N)=O)c(NC3CCN(C(=O)O)CC3)c2)c2nccc(-c3cnc4ccccc4c3)c12. The molecular formula is C31H31N7O3. The molecule has 0 spiro atoms. The number of hydrogen-bond donors (Lipinski definition) is 3. The van der Waals surface area contributed by atoms with Crippen LogP contribution in [0.3, 0.4) is 0 Å². The molecule has 0 atom stereocenters. The summed E-state index contributed by atoms with van der Waals surface area (Å²) in [7, 11) is 0. The van der Waals surface area contributed by atoms with Gasteiger partial charge in [-0.3, -0.25) is 9.78 Å². The van der Waals surface area contributed by atoms with Crippen LogP contribution in [0.5, 0.6) is 0 Å². The molecule has 0 radical (unpaired) electrons. The lowest BCUT2D eigenvalue weighted by Gasteiger charge is -2.31. The van der Waals surface area contributed by atoms with Crippen molar-refractivity contribution in [1.29, 1.82) is 0 Å². The topological polar surface area (TPSA) is 139 Å². The Hall–Kier alpha value is -4.99. The van der Waals surface area contributed by atoms with Crippen molar-refractivity contribution in [2.45, 2.75) is 38.6 Å². The van der Waals surface area contributed by atoms with Gasteiger partial charge in [0.25, 0.3) is 5.91 Å². The third-order valence-corrected chi connectivity index (χ3v) is 7.68. The number of rotatable bonds is 6. The van der Waals surface area contributed by atoms with E-state index in [1.165, 1.54) is 4.90 Å². The van der Waals surface area contributed by atoms with Crippen molar-refractivity contribution in [3.63, 3.8) is 0 Å². The van der Waals surface area contributed by atoms with E-state index in [0.29, 0.717) is 42.8 Å². The van der Waals surface area contributed by atoms with E-state index < -0.39 is 12.0 Å². The summed E-state index contributed by atoms with van der Waals surface area (Å²) in [4.78, 5) is 34.5. The van der Waals surface area contributed by atoms with Crippen LogP contribution < -0.4 is 11.1 Å². The predicted molar refractivity (Wildman–Crippen MR) is 158 cm³/mol. The summed E-state index contributed by atoms with van der Waals surface area (Å²) >= 11 is 0. The van der Waals surface area contributed by atoms with Crippen molar-refractivity contribution in [2.24, 2.45) is 5.73 Å². The van der Waals surface area contributed by atoms with Crippen molar-refractivity contribution in [1.82, 2.24) is 24.6 Å². The molecule has 10 nitrogen and oxygen atoms in total. The van der Waals surface area contributed by atoms with Crippen molar-refractivity contribution in [3.8, 4) is 16.8 Å². The number of para-hydroxylation sites is 1. The van der Waals surface area contributed by atoms with Crippen molar-refractivity contribution in [2.75, 3.05) is 18.4 Å². The third kappa shape index (κ3) is 4.93. The zero-order valence-corrected chi connectivity index (χ0v) is 22.9. The number of hydrogen-bond acceptors (Lipinski definition) is 6. The minimum Gasteiger partial charge on any atom is -0.465 e. The van der Waals surface area contributed by atoms with E-state index in [0.717, 1.165) is 38.8 Å². The zero-order valence-electron chi connectivity index (χ0n) is 22.9.